The Hall–Kier alpha value is -3.94. The summed E-state index contributed by atoms with van der Waals surface area (Å²) in [6.45, 7) is 0. The molecular weight excluding hydrogens is 447 g/mol. The van der Waals surface area contributed by atoms with E-state index < -0.39 is 7.26 Å². The zero-order valence-corrected chi connectivity index (χ0v) is 20.8. The third-order valence-corrected chi connectivity index (χ3v) is 10.1. The fourth-order valence-electron chi connectivity index (χ4n) is 4.40. The van der Waals surface area contributed by atoms with Crippen LogP contribution in [0, 0.1) is 0 Å². The van der Waals surface area contributed by atoms with Crippen molar-refractivity contribution in [3.63, 3.8) is 0 Å². The third-order valence-electron chi connectivity index (χ3n) is 5.98. The van der Waals surface area contributed by atoms with Gasteiger partial charge in [0.2, 0.25) is 5.89 Å². The van der Waals surface area contributed by atoms with Crippen LogP contribution in [0.3, 0.4) is 0 Å². The number of oxazole rings is 1. The van der Waals surface area contributed by atoms with E-state index in [4.69, 9.17) is 9.40 Å². The minimum Gasteiger partial charge on any atom is -0.417 e. The standard InChI is InChI=1S/C31H28N2OP/c1-33(2)31-30(32-29(34-31)24-23-25-15-7-3-8-16-25)35(26-17-9-4-10-18-26,27-19-11-5-12-20-27)28-21-13-6-14-22-28/h3-24H,1-2H3/q+1/b24-23+. The maximum Gasteiger partial charge on any atom is 0.262 e. The first-order valence-electron chi connectivity index (χ1n) is 11.7. The zero-order valence-electron chi connectivity index (χ0n) is 20.0. The van der Waals surface area contributed by atoms with Crippen molar-refractivity contribution in [2.24, 2.45) is 0 Å². The van der Waals surface area contributed by atoms with Crippen molar-refractivity contribution >= 4 is 46.6 Å². The van der Waals surface area contributed by atoms with Crippen molar-refractivity contribution < 1.29 is 4.42 Å². The summed E-state index contributed by atoms with van der Waals surface area (Å²) in [7, 11) is 1.68. The highest BCUT2D eigenvalue weighted by atomic mass is 31.2. The molecule has 0 aliphatic rings. The predicted molar refractivity (Wildman–Crippen MR) is 151 cm³/mol. The van der Waals surface area contributed by atoms with Gasteiger partial charge in [-0.15, -0.1) is 0 Å². The first kappa shape index (κ1) is 22.8. The molecule has 0 amide bonds. The number of hydrogen-bond donors (Lipinski definition) is 0. The van der Waals surface area contributed by atoms with Gasteiger partial charge in [-0.1, -0.05) is 84.9 Å². The Morgan fingerprint density at radius 3 is 1.46 bits per heavy atom. The maximum atomic E-state index is 6.42. The van der Waals surface area contributed by atoms with Gasteiger partial charge < -0.3 is 9.32 Å². The van der Waals surface area contributed by atoms with Crippen LogP contribution in [0.1, 0.15) is 11.5 Å². The van der Waals surface area contributed by atoms with E-state index in [1.165, 1.54) is 15.9 Å². The molecular formula is C31H28N2OP+. The second kappa shape index (κ2) is 10.1. The van der Waals surface area contributed by atoms with Crippen LogP contribution in [0.15, 0.2) is 126 Å². The Morgan fingerprint density at radius 2 is 1.03 bits per heavy atom. The molecule has 1 heterocycles. The molecule has 3 nitrogen and oxygen atoms in total. The molecule has 0 aliphatic carbocycles. The maximum absolute atomic E-state index is 6.42. The van der Waals surface area contributed by atoms with Gasteiger partial charge in [0.05, 0.1) is 0 Å². The minimum absolute atomic E-state index is 0.597. The van der Waals surface area contributed by atoms with E-state index in [1.54, 1.807) is 0 Å². The van der Waals surface area contributed by atoms with Gasteiger partial charge in [-0.05, 0) is 48.0 Å². The average Bonchev–Trinajstić information content (AvgIpc) is 3.35. The van der Waals surface area contributed by atoms with Crippen LogP contribution in [-0.2, 0) is 0 Å². The number of rotatable bonds is 7. The van der Waals surface area contributed by atoms with Crippen LogP contribution < -0.4 is 26.2 Å². The molecule has 0 bridgehead atoms. The summed E-state index contributed by atoms with van der Waals surface area (Å²) in [6.07, 6.45) is 4.00. The van der Waals surface area contributed by atoms with Gasteiger partial charge in [0.15, 0.2) is 7.26 Å². The van der Waals surface area contributed by atoms with Crippen molar-refractivity contribution in [2.45, 2.75) is 0 Å². The Labute approximate surface area is 207 Å². The summed E-state index contributed by atoms with van der Waals surface area (Å²) in [4.78, 5) is 7.24. The molecule has 0 spiro atoms. The highest BCUT2D eigenvalue weighted by molar-refractivity contribution is 8.01. The summed E-state index contributed by atoms with van der Waals surface area (Å²) in [5, 5.41) is 3.73. The summed E-state index contributed by atoms with van der Waals surface area (Å²) < 4.78 is 6.42. The Balaban J connectivity index is 1.81. The number of benzene rings is 4. The van der Waals surface area contributed by atoms with E-state index >= 15 is 0 Å². The van der Waals surface area contributed by atoms with E-state index in [1.807, 2.05) is 49.3 Å². The molecule has 0 N–H and O–H groups in total. The van der Waals surface area contributed by atoms with Crippen molar-refractivity contribution in [1.82, 2.24) is 4.98 Å². The molecule has 0 saturated carbocycles. The zero-order chi connectivity index (χ0) is 24.1. The van der Waals surface area contributed by atoms with Gasteiger partial charge in [-0.3, -0.25) is 0 Å². The van der Waals surface area contributed by atoms with Crippen molar-refractivity contribution in [3.8, 4) is 0 Å². The monoisotopic (exact) mass is 475 g/mol. The second-order valence-corrected chi connectivity index (χ2v) is 11.8. The Bertz CT molecular complexity index is 1300. The molecule has 4 aromatic carbocycles. The van der Waals surface area contributed by atoms with E-state index in [0.717, 1.165) is 16.9 Å². The molecule has 5 rings (SSSR count). The summed E-state index contributed by atoms with van der Waals surface area (Å²) in [5.41, 5.74) is 2.08. The van der Waals surface area contributed by atoms with Gasteiger partial charge in [-0.2, -0.15) is 4.98 Å². The fraction of sp³-hybridized carbons (Fsp3) is 0.0645. The lowest BCUT2D eigenvalue weighted by Crippen LogP contribution is -2.40. The van der Waals surface area contributed by atoms with Crippen LogP contribution in [-0.4, -0.2) is 19.1 Å². The fourth-order valence-corrected chi connectivity index (χ4v) is 8.67. The number of nitrogens with zero attached hydrogens (tertiary/aromatic N) is 2. The number of hydrogen-bond acceptors (Lipinski definition) is 3. The van der Waals surface area contributed by atoms with Gasteiger partial charge in [0, 0.05) is 20.2 Å². The first-order chi connectivity index (χ1) is 17.2. The molecule has 0 atom stereocenters. The van der Waals surface area contributed by atoms with Crippen LogP contribution >= 0.6 is 7.26 Å². The molecule has 1 aromatic heterocycles. The van der Waals surface area contributed by atoms with Gasteiger partial charge in [0.1, 0.15) is 15.9 Å². The van der Waals surface area contributed by atoms with E-state index in [9.17, 15) is 0 Å². The van der Waals surface area contributed by atoms with Crippen LogP contribution in [0.4, 0.5) is 5.88 Å². The second-order valence-electron chi connectivity index (χ2n) is 8.50. The summed E-state index contributed by atoms with van der Waals surface area (Å²) in [5.74, 6) is 1.38. The quantitative estimate of drug-likeness (QED) is 0.290. The van der Waals surface area contributed by atoms with Crippen LogP contribution in [0.25, 0.3) is 12.2 Å². The highest BCUT2D eigenvalue weighted by Gasteiger charge is 2.53. The molecule has 172 valence electrons. The van der Waals surface area contributed by atoms with E-state index in [0.29, 0.717) is 5.89 Å². The average molecular weight is 476 g/mol. The largest absolute Gasteiger partial charge is 0.417 e. The van der Waals surface area contributed by atoms with Gasteiger partial charge in [-0.25, -0.2) is 0 Å². The minimum atomic E-state index is -2.35. The lowest BCUT2D eigenvalue weighted by atomic mass is 10.2. The van der Waals surface area contributed by atoms with E-state index in [-0.39, 0.29) is 0 Å². The lowest BCUT2D eigenvalue weighted by molar-refractivity contribution is 0.546. The molecule has 0 fully saturated rings. The van der Waals surface area contributed by atoms with Crippen molar-refractivity contribution in [2.75, 3.05) is 19.0 Å². The lowest BCUT2D eigenvalue weighted by Gasteiger charge is -2.26. The van der Waals surface area contributed by atoms with Crippen molar-refractivity contribution in [3.05, 3.63) is 133 Å². The number of anilines is 1. The topological polar surface area (TPSA) is 29.3 Å². The Morgan fingerprint density at radius 1 is 0.600 bits per heavy atom. The first-order valence-corrected chi connectivity index (χ1v) is 13.5. The Kier molecular flexibility index (Phi) is 6.61. The number of aromatic nitrogens is 1. The highest BCUT2D eigenvalue weighted by Crippen LogP contribution is 2.55. The summed E-state index contributed by atoms with van der Waals surface area (Å²) >= 11 is 0. The molecule has 0 radical (unpaired) electrons. The molecule has 0 aliphatic heterocycles. The van der Waals surface area contributed by atoms with E-state index in [2.05, 4.69) is 103 Å². The predicted octanol–water partition coefficient (Wildman–Crippen LogP) is 5.53. The molecule has 4 heteroatoms. The normalized spacial score (nSPS) is 11.6. The van der Waals surface area contributed by atoms with Crippen LogP contribution in [0.2, 0.25) is 0 Å². The van der Waals surface area contributed by atoms with Gasteiger partial charge in [0.25, 0.3) is 11.3 Å². The van der Waals surface area contributed by atoms with Crippen LogP contribution in [0.5, 0.6) is 0 Å². The van der Waals surface area contributed by atoms with Crippen molar-refractivity contribution in [1.29, 1.82) is 0 Å². The smallest absolute Gasteiger partial charge is 0.262 e. The molecule has 0 saturated heterocycles. The van der Waals surface area contributed by atoms with Gasteiger partial charge >= 0.3 is 0 Å². The molecule has 5 aromatic rings. The SMILES string of the molecule is CN(C)c1oc(/C=C/c2ccccc2)nc1[P+](c1ccccc1)(c1ccccc1)c1ccccc1. The summed E-state index contributed by atoms with van der Waals surface area (Å²) in [6, 6.07) is 42.4. The third kappa shape index (κ3) is 4.43. The molecule has 0 unspecified atom stereocenters. The molecule has 35 heavy (non-hydrogen) atoms.